The van der Waals surface area contributed by atoms with E-state index in [2.05, 4.69) is 13.8 Å². The molecular weight excluding hydrogens is 200 g/mol. The summed E-state index contributed by atoms with van der Waals surface area (Å²) in [6.45, 7) is 4.46. The van der Waals surface area contributed by atoms with Gasteiger partial charge in [0.1, 0.15) is 5.75 Å². The third-order valence-corrected chi connectivity index (χ3v) is 3.93. The Morgan fingerprint density at radius 2 is 2.06 bits per heavy atom. The topological polar surface area (TPSA) is 40.5 Å². The minimum atomic E-state index is -0.0247. The zero-order chi connectivity index (χ0) is 11.8. The highest BCUT2D eigenvalue weighted by Crippen LogP contribution is 2.38. The fourth-order valence-electron chi connectivity index (χ4n) is 2.54. The van der Waals surface area contributed by atoms with Crippen LogP contribution in [0.3, 0.4) is 0 Å². The number of aliphatic hydroxyl groups is 1. The van der Waals surface area contributed by atoms with Gasteiger partial charge in [0.05, 0.1) is 0 Å². The van der Waals surface area contributed by atoms with Crippen molar-refractivity contribution in [3.05, 3.63) is 29.3 Å². The second-order valence-corrected chi connectivity index (χ2v) is 5.54. The number of aliphatic hydroxyl groups excluding tert-OH is 1. The zero-order valence-corrected chi connectivity index (χ0v) is 10.0. The van der Waals surface area contributed by atoms with Crippen molar-refractivity contribution in [2.24, 2.45) is 11.3 Å². The van der Waals surface area contributed by atoms with Gasteiger partial charge in [-0.05, 0) is 53.9 Å². The molecule has 2 N–H and O–H groups in total. The minimum absolute atomic E-state index is 0.0247. The number of phenolic OH excluding ortho intramolecular Hbond substituents is 1. The predicted octanol–water partition coefficient (Wildman–Crippen LogP) is 2.52. The highest BCUT2D eigenvalue weighted by atomic mass is 16.3. The summed E-state index contributed by atoms with van der Waals surface area (Å²) in [4.78, 5) is 0. The first-order valence-electron chi connectivity index (χ1n) is 5.94. The van der Waals surface area contributed by atoms with Crippen LogP contribution in [0.25, 0.3) is 0 Å². The number of hydrogen-bond acceptors (Lipinski definition) is 2. The van der Waals surface area contributed by atoms with Crippen LogP contribution in [0, 0.1) is 11.3 Å². The molecule has 88 valence electrons. The SMILES string of the molecule is CC(C)(CO)C1CCc2ccc(O)cc2C1. The number of fused-ring (bicyclic) bond motifs is 1. The summed E-state index contributed by atoms with van der Waals surface area (Å²) in [6.07, 6.45) is 3.16. The van der Waals surface area contributed by atoms with Crippen molar-refractivity contribution >= 4 is 0 Å². The van der Waals surface area contributed by atoms with Crippen molar-refractivity contribution in [1.82, 2.24) is 0 Å². The third-order valence-electron chi connectivity index (χ3n) is 3.93. The van der Waals surface area contributed by atoms with Crippen LogP contribution in [0.2, 0.25) is 0 Å². The van der Waals surface area contributed by atoms with Crippen molar-refractivity contribution < 1.29 is 10.2 Å². The van der Waals surface area contributed by atoms with E-state index in [0.717, 1.165) is 19.3 Å². The molecule has 1 aliphatic rings. The molecule has 1 unspecified atom stereocenters. The van der Waals surface area contributed by atoms with E-state index >= 15 is 0 Å². The molecule has 1 aliphatic carbocycles. The molecule has 16 heavy (non-hydrogen) atoms. The molecule has 0 amide bonds. The molecule has 2 rings (SSSR count). The van der Waals surface area contributed by atoms with E-state index in [4.69, 9.17) is 0 Å². The Morgan fingerprint density at radius 3 is 2.75 bits per heavy atom. The highest BCUT2D eigenvalue weighted by molar-refractivity contribution is 5.36. The maximum atomic E-state index is 9.49. The van der Waals surface area contributed by atoms with Gasteiger partial charge >= 0.3 is 0 Å². The molecular formula is C14H20O2. The second-order valence-electron chi connectivity index (χ2n) is 5.54. The molecule has 0 bridgehead atoms. The Labute approximate surface area is 96.9 Å². The van der Waals surface area contributed by atoms with Crippen LogP contribution in [-0.2, 0) is 12.8 Å². The molecule has 0 heterocycles. The summed E-state index contributed by atoms with van der Waals surface area (Å²) in [5.41, 5.74) is 2.57. The quantitative estimate of drug-likeness (QED) is 0.804. The van der Waals surface area contributed by atoms with Crippen LogP contribution in [0.1, 0.15) is 31.4 Å². The number of benzene rings is 1. The van der Waals surface area contributed by atoms with Gasteiger partial charge in [-0.2, -0.15) is 0 Å². The van der Waals surface area contributed by atoms with Crippen molar-refractivity contribution in [2.45, 2.75) is 33.1 Å². The molecule has 0 fully saturated rings. The van der Waals surface area contributed by atoms with Gasteiger partial charge in [-0.1, -0.05) is 19.9 Å². The first-order valence-corrected chi connectivity index (χ1v) is 5.94. The Balaban J connectivity index is 2.23. The Morgan fingerprint density at radius 1 is 1.31 bits per heavy atom. The molecule has 2 heteroatoms. The predicted molar refractivity (Wildman–Crippen MR) is 64.5 cm³/mol. The minimum Gasteiger partial charge on any atom is -0.508 e. The van der Waals surface area contributed by atoms with Crippen LogP contribution in [0.15, 0.2) is 18.2 Å². The second kappa shape index (κ2) is 4.10. The molecule has 0 saturated heterocycles. The molecule has 1 aromatic carbocycles. The Kier molecular flexibility index (Phi) is 2.94. The molecule has 1 aromatic rings. The van der Waals surface area contributed by atoms with E-state index in [1.54, 1.807) is 6.07 Å². The van der Waals surface area contributed by atoms with E-state index in [-0.39, 0.29) is 12.0 Å². The van der Waals surface area contributed by atoms with Gasteiger partial charge in [-0.15, -0.1) is 0 Å². The third kappa shape index (κ3) is 2.07. The Bertz CT molecular complexity index is 382. The molecule has 0 aliphatic heterocycles. The van der Waals surface area contributed by atoms with E-state index < -0.39 is 0 Å². The van der Waals surface area contributed by atoms with E-state index in [1.165, 1.54) is 11.1 Å². The van der Waals surface area contributed by atoms with Crippen molar-refractivity contribution in [3.63, 3.8) is 0 Å². The zero-order valence-electron chi connectivity index (χ0n) is 10.0. The number of phenols is 1. The summed E-state index contributed by atoms with van der Waals surface area (Å²) in [5.74, 6) is 0.855. The fraction of sp³-hybridized carbons (Fsp3) is 0.571. The lowest BCUT2D eigenvalue weighted by Crippen LogP contribution is -2.32. The first-order chi connectivity index (χ1) is 7.53. The van der Waals surface area contributed by atoms with E-state index in [0.29, 0.717) is 11.7 Å². The van der Waals surface area contributed by atoms with Crippen LogP contribution >= 0.6 is 0 Å². The molecule has 0 aromatic heterocycles. The lowest BCUT2D eigenvalue weighted by atomic mass is 9.70. The molecule has 1 atom stereocenters. The van der Waals surface area contributed by atoms with Crippen LogP contribution in [0.5, 0.6) is 5.75 Å². The lowest BCUT2D eigenvalue weighted by molar-refractivity contribution is 0.0874. The standard InChI is InChI=1S/C14H20O2/c1-14(2,9-15)12-5-3-10-4-6-13(16)8-11(10)7-12/h4,6,8,12,15-16H,3,5,7,9H2,1-2H3. The average Bonchev–Trinajstić information content (AvgIpc) is 2.28. The first kappa shape index (κ1) is 11.5. The van der Waals surface area contributed by atoms with Crippen LogP contribution < -0.4 is 0 Å². The van der Waals surface area contributed by atoms with Gasteiger partial charge in [-0.25, -0.2) is 0 Å². The number of hydrogen-bond donors (Lipinski definition) is 2. The van der Waals surface area contributed by atoms with Gasteiger partial charge in [0.25, 0.3) is 0 Å². The molecule has 2 nitrogen and oxygen atoms in total. The van der Waals surface area contributed by atoms with Crippen LogP contribution in [0.4, 0.5) is 0 Å². The van der Waals surface area contributed by atoms with Crippen molar-refractivity contribution in [3.8, 4) is 5.75 Å². The van der Waals surface area contributed by atoms with Gasteiger partial charge in [-0.3, -0.25) is 0 Å². The summed E-state index contributed by atoms with van der Waals surface area (Å²) >= 11 is 0. The summed E-state index contributed by atoms with van der Waals surface area (Å²) in [6, 6.07) is 5.65. The van der Waals surface area contributed by atoms with Crippen molar-refractivity contribution in [2.75, 3.05) is 6.61 Å². The maximum absolute atomic E-state index is 9.49. The van der Waals surface area contributed by atoms with Crippen molar-refractivity contribution in [1.29, 1.82) is 0 Å². The van der Waals surface area contributed by atoms with Gasteiger partial charge in [0.2, 0.25) is 0 Å². The summed E-state index contributed by atoms with van der Waals surface area (Å²) < 4.78 is 0. The number of rotatable bonds is 2. The Hall–Kier alpha value is -1.02. The lowest BCUT2D eigenvalue weighted by Gasteiger charge is -2.36. The summed E-state index contributed by atoms with van der Waals surface area (Å²) in [5, 5.41) is 18.9. The largest absolute Gasteiger partial charge is 0.508 e. The highest BCUT2D eigenvalue weighted by Gasteiger charge is 2.31. The van der Waals surface area contributed by atoms with Gasteiger partial charge < -0.3 is 10.2 Å². The fourth-order valence-corrected chi connectivity index (χ4v) is 2.54. The molecule has 0 spiro atoms. The smallest absolute Gasteiger partial charge is 0.115 e. The molecule has 0 radical (unpaired) electrons. The van der Waals surface area contributed by atoms with Crippen LogP contribution in [-0.4, -0.2) is 16.8 Å². The monoisotopic (exact) mass is 220 g/mol. The maximum Gasteiger partial charge on any atom is 0.115 e. The average molecular weight is 220 g/mol. The normalized spacial score (nSPS) is 20.6. The number of aryl methyl sites for hydroxylation is 1. The number of aromatic hydroxyl groups is 1. The summed E-state index contributed by atoms with van der Waals surface area (Å²) in [7, 11) is 0. The van der Waals surface area contributed by atoms with E-state index in [1.807, 2.05) is 12.1 Å². The van der Waals surface area contributed by atoms with E-state index in [9.17, 15) is 10.2 Å². The van der Waals surface area contributed by atoms with Gasteiger partial charge in [0.15, 0.2) is 0 Å². The van der Waals surface area contributed by atoms with Gasteiger partial charge in [0, 0.05) is 6.61 Å². The molecule has 0 saturated carbocycles.